The minimum Gasteiger partial charge on any atom is -0.339 e. The van der Waals surface area contributed by atoms with Crippen LogP contribution in [0.15, 0.2) is 4.52 Å². The van der Waals surface area contributed by atoms with Crippen LogP contribution in [0.4, 0.5) is 0 Å². The van der Waals surface area contributed by atoms with E-state index in [0.29, 0.717) is 12.3 Å². The number of hydrogen-bond donors (Lipinski definition) is 1. The quantitative estimate of drug-likeness (QED) is 0.823. The molecule has 7 heteroatoms. The van der Waals surface area contributed by atoms with Crippen molar-refractivity contribution in [3.63, 3.8) is 0 Å². The molecule has 6 nitrogen and oxygen atoms in total. The van der Waals surface area contributed by atoms with Gasteiger partial charge < -0.3 is 9.84 Å². The first-order chi connectivity index (χ1) is 9.12. The molecule has 0 amide bonds. The average Bonchev–Trinajstić information content (AvgIpc) is 2.67. The number of nitrogens with zero attached hydrogens (tertiary/aromatic N) is 2. The molecule has 0 radical (unpaired) electrons. The monoisotopic (exact) mass is 303 g/mol. The van der Waals surface area contributed by atoms with E-state index >= 15 is 0 Å². The lowest BCUT2D eigenvalue weighted by atomic mass is 9.84. The first kappa shape index (κ1) is 17.1. The molecule has 1 aromatic heterocycles. The highest BCUT2D eigenvalue weighted by Gasteiger charge is 2.26. The molecule has 0 aliphatic carbocycles. The molecule has 116 valence electrons. The van der Waals surface area contributed by atoms with Crippen LogP contribution in [-0.2, 0) is 22.0 Å². The van der Waals surface area contributed by atoms with Crippen molar-refractivity contribution >= 4 is 9.84 Å². The highest BCUT2D eigenvalue weighted by atomic mass is 32.2. The van der Waals surface area contributed by atoms with Crippen LogP contribution in [0.25, 0.3) is 0 Å². The molecule has 0 bridgehead atoms. The number of sulfone groups is 1. The molecule has 0 aliphatic heterocycles. The van der Waals surface area contributed by atoms with Crippen LogP contribution in [0.2, 0.25) is 0 Å². The van der Waals surface area contributed by atoms with Gasteiger partial charge in [0.25, 0.3) is 0 Å². The fourth-order valence-corrected chi connectivity index (χ4v) is 2.43. The zero-order chi connectivity index (χ0) is 15.4. The molecule has 0 spiro atoms. The van der Waals surface area contributed by atoms with Gasteiger partial charge in [0.15, 0.2) is 15.7 Å². The molecule has 1 aromatic rings. The van der Waals surface area contributed by atoms with Gasteiger partial charge in [-0.05, 0) is 18.4 Å². The third-order valence-electron chi connectivity index (χ3n) is 2.97. The molecule has 0 aliphatic rings. The third kappa shape index (κ3) is 6.00. The van der Waals surface area contributed by atoms with Crippen LogP contribution in [0.3, 0.4) is 0 Å². The minimum absolute atomic E-state index is 0.0562. The first-order valence-electron chi connectivity index (χ1n) is 6.84. The van der Waals surface area contributed by atoms with Gasteiger partial charge in [-0.2, -0.15) is 4.98 Å². The Hall–Kier alpha value is -0.950. The van der Waals surface area contributed by atoms with Crippen LogP contribution in [0.5, 0.6) is 0 Å². The Kier molecular flexibility index (Phi) is 5.70. The summed E-state index contributed by atoms with van der Waals surface area (Å²) in [4.78, 5) is 4.16. The minimum atomic E-state index is -3.14. The fourth-order valence-electron chi connectivity index (χ4n) is 1.84. The number of rotatable bonds is 7. The molecule has 1 N–H and O–H groups in total. The van der Waals surface area contributed by atoms with Gasteiger partial charge in [-0.3, -0.25) is 0 Å². The lowest BCUT2D eigenvalue weighted by Gasteiger charge is -2.30. The Morgan fingerprint density at radius 3 is 2.50 bits per heavy atom. The van der Waals surface area contributed by atoms with Crippen molar-refractivity contribution in [2.24, 2.45) is 5.41 Å². The van der Waals surface area contributed by atoms with E-state index in [-0.39, 0.29) is 23.0 Å². The molecule has 1 heterocycles. The largest absolute Gasteiger partial charge is 0.339 e. The molecule has 0 aromatic carbocycles. The highest BCUT2D eigenvalue weighted by molar-refractivity contribution is 7.89. The molecule has 20 heavy (non-hydrogen) atoms. The third-order valence-corrected chi connectivity index (χ3v) is 3.75. The summed E-state index contributed by atoms with van der Waals surface area (Å²) in [5.41, 5.74) is 0.0562. The van der Waals surface area contributed by atoms with E-state index in [0.717, 1.165) is 19.2 Å². The zero-order valence-corrected chi connectivity index (χ0v) is 13.7. The van der Waals surface area contributed by atoms with E-state index in [9.17, 15) is 8.42 Å². The fraction of sp³-hybridized carbons (Fsp3) is 0.846. The van der Waals surface area contributed by atoms with Gasteiger partial charge in [0.05, 0.1) is 0 Å². The zero-order valence-electron chi connectivity index (χ0n) is 12.9. The van der Waals surface area contributed by atoms with Gasteiger partial charge >= 0.3 is 0 Å². The summed E-state index contributed by atoms with van der Waals surface area (Å²) in [5, 5.41) is 7.19. The lowest BCUT2D eigenvalue weighted by molar-refractivity contribution is 0.244. The molecule has 1 unspecified atom stereocenters. The van der Waals surface area contributed by atoms with Gasteiger partial charge in [-0.1, -0.05) is 32.9 Å². The lowest BCUT2D eigenvalue weighted by Crippen LogP contribution is -2.42. The van der Waals surface area contributed by atoms with Crippen LogP contribution >= 0.6 is 0 Å². The summed E-state index contributed by atoms with van der Waals surface area (Å²) in [6.45, 7) is 9.48. The summed E-state index contributed by atoms with van der Waals surface area (Å²) in [6.07, 6.45) is 2.81. The molecule has 0 saturated carbocycles. The normalized spacial score (nSPS) is 14.4. The summed E-state index contributed by atoms with van der Waals surface area (Å²) >= 11 is 0. The van der Waals surface area contributed by atoms with Crippen LogP contribution < -0.4 is 5.32 Å². The molecule has 0 fully saturated rings. The predicted octanol–water partition coefficient (Wildman–Crippen LogP) is 1.57. The maximum atomic E-state index is 11.2. The van der Waals surface area contributed by atoms with E-state index in [1.807, 2.05) is 0 Å². The van der Waals surface area contributed by atoms with Gasteiger partial charge in [-0.15, -0.1) is 0 Å². The van der Waals surface area contributed by atoms with Gasteiger partial charge in [0.2, 0.25) is 5.89 Å². The van der Waals surface area contributed by atoms with Gasteiger partial charge in [-0.25, -0.2) is 8.42 Å². The second kappa shape index (κ2) is 6.67. The van der Waals surface area contributed by atoms with E-state index in [1.54, 1.807) is 0 Å². The van der Waals surface area contributed by atoms with E-state index in [4.69, 9.17) is 4.52 Å². The van der Waals surface area contributed by atoms with E-state index in [2.05, 4.69) is 43.2 Å². The molecule has 0 saturated heterocycles. The Bertz CT molecular complexity index is 517. The Balaban J connectivity index is 2.74. The van der Waals surface area contributed by atoms with Crippen LogP contribution in [-0.4, -0.2) is 37.4 Å². The summed E-state index contributed by atoms with van der Waals surface area (Å²) in [7, 11) is -3.14. The van der Waals surface area contributed by atoms with Crippen molar-refractivity contribution in [1.82, 2.24) is 15.5 Å². The predicted molar refractivity (Wildman–Crippen MR) is 78.1 cm³/mol. The van der Waals surface area contributed by atoms with Crippen LogP contribution in [0.1, 0.15) is 45.8 Å². The number of hydrogen-bond acceptors (Lipinski definition) is 6. The molecular weight excluding hydrogens is 278 g/mol. The van der Waals surface area contributed by atoms with Crippen molar-refractivity contribution in [3.8, 4) is 0 Å². The van der Waals surface area contributed by atoms with Gasteiger partial charge in [0.1, 0.15) is 5.75 Å². The van der Waals surface area contributed by atoms with Crippen LogP contribution in [0, 0.1) is 5.41 Å². The Morgan fingerprint density at radius 2 is 2.00 bits per heavy atom. The maximum Gasteiger partial charge on any atom is 0.228 e. The van der Waals surface area contributed by atoms with Crippen molar-refractivity contribution in [1.29, 1.82) is 0 Å². The second-order valence-corrected chi connectivity index (χ2v) is 8.39. The highest BCUT2D eigenvalue weighted by Crippen LogP contribution is 2.22. The van der Waals surface area contributed by atoms with Crippen molar-refractivity contribution in [3.05, 3.63) is 11.7 Å². The van der Waals surface area contributed by atoms with E-state index < -0.39 is 9.84 Å². The standard InChI is InChI=1S/C13H25N3O3S/c1-6-7-14-10(13(2,3)4)8-12-15-11(16-19-12)9-20(5,17)18/h10,14H,6-9H2,1-5H3. The Morgan fingerprint density at radius 1 is 1.35 bits per heavy atom. The first-order valence-corrected chi connectivity index (χ1v) is 8.90. The van der Waals surface area contributed by atoms with E-state index in [1.165, 1.54) is 0 Å². The van der Waals surface area contributed by atoms with Crippen molar-refractivity contribution in [2.45, 2.75) is 52.3 Å². The Labute approximate surface area is 121 Å². The molecule has 1 rings (SSSR count). The van der Waals surface area contributed by atoms with Gasteiger partial charge in [0, 0.05) is 18.7 Å². The smallest absolute Gasteiger partial charge is 0.228 e. The SMILES string of the molecule is CCCNC(Cc1nc(CS(C)(=O)=O)no1)C(C)(C)C. The van der Waals surface area contributed by atoms with Crippen molar-refractivity contribution in [2.75, 3.05) is 12.8 Å². The second-order valence-electron chi connectivity index (χ2n) is 6.25. The maximum absolute atomic E-state index is 11.2. The molecular formula is C13H25N3O3S. The number of aromatic nitrogens is 2. The molecule has 1 atom stereocenters. The topological polar surface area (TPSA) is 85.1 Å². The summed E-state index contributed by atoms with van der Waals surface area (Å²) in [5.74, 6) is 0.525. The van der Waals surface area contributed by atoms with Crippen molar-refractivity contribution < 1.29 is 12.9 Å². The summed E-state index contributed by atoms with van der Waals surface area (Å²) < 4.78 is 27.5. The number of nitrogens with one attached hydrogen (secondary N) is 1. The summed E-state index contributed by atoms with van der Waals surface area (Å²) in [6, 6.07) is 0.203. The average molecular weight is 303 g/mol.